The van der Waals surface area contributed by atoms with E-state index in [2.05, 4.69) is 0 Å². The fourth-order valence-corrected chi connectivity index (χ4v) is 5.69. The van der Waals surface area contributed by atoms with Crippen molar-refractivity contribution in [3.8, 4) is 0 Å². The Morgan fingerprint density at radius 3 is 2.71 bits per heavy atom. The maximum absolute atomic E-state index is 13.7. The first-order chi connectivity index (χ1) is 16.6. The van der Waals surface area contributed by atoms with Crippen LogP contribution in [0.4, 0.5) is 0 Å². The molecule has 2 aromatic rings. The number of allylic oxidation sites excluding steroid dienone is 1. The zero-order valence-electron chi connectivity index (χ0n) is 20.7. The van der Waals surface area contributed by atoms with Crippen molar-refractivity contribution in [2.75, 3.05) is 13.2 Å². The smallest absolute Gasteiger partial charge is 0.336 e. The zero-order chi connectivity index (χ0) is 24.9. The Morgan fingerprint density at radius 2 is 1.97 bits per heavy atom. The summed E-state index contributed by atoms with van der Waals surface area (Å²) in [4.78, 5) is 45.4. The molecule has 1 aliphatic carbocycles. The SMILES string of the molecule is CC1=C(C(=O)OC[C@@H]2CCCO2)[C@H](c2coc3ccc(C)cc3c2=O)C2C(=O)CC(C)(C)CC2=N1. The van der Waals surface area contributed by atoms with Crippen LogP contribution in [0.3, 0.4) is 0 Å². The third kappa shape index (κ3) is 4.38. The molecule has 0 radical (unpaired) electrons. The number of carbonyl (C=O) groups is 2. The van der Waals surface area contributed by atoms with Gasteiger partial charge >= 0.3 is 5.97 Å². The summed E-state index contributed by atoms with van der Waals surface area (Å²) in [6.07, 6.45) is 4.01. The number of carbonyl (C=O) groups excluding carboxylic acids is 2. The van der Waals surface area contributed by atoms with Crippen molar-refractivity contribution in [3.05, 3.63) is 57.1 Å². The van der Waals surface area contributed by atoms with Crippen molar-refractivity contribution in [3.63, 3.8) is 0 Å². The van der Waals surface area contributed by atoms with Gasteiger partial charge in [-0.05, 0) is 50.7 Å². The molecule has 7 nitrogen and oxygen atoms in total. The number of hydrogen-bond acceptors (Lipinski definition) is 7. The molecule has 1 aromatic carbocycles. The summed E-state index contributed by atoms with van der Waals surface area (Å²) in [5.41, 5.74) is 2.65. The van der Waals surface area contributed by atoms with Crippen molar-refractivity contribution < 1.29 is 23.5 Å². The molecule has 0 bridgehead atoms. The molecule has 35 heavy (non-hydrogen) atoms. The summed E-state index contributed by atoms with van der Waals surface area (Å²) < 4.78 is 17.1. The van der Waals surface area contributed by atoms with Gasteiger partial charge < -0.3 is 13.9 Å². The van der Waals surface area contributed by atoms with E-state index in [-0.39, 0.29) is 40.5 Å². The highest BCUT2D eigenvalue weighted by molar-refractivity contribution is 6.12. The van der Waals surface area contributed by atoms with E-state index in [1.807, 2.05) is 26.8 Å². The average Bonchev–Trinajstić information content (AvgIpc) is 3.30. The minimum absolute atomic E-state index is 0.0225. The summed E-state index contributed by atoms with van der Waals surface area (Å²) in [5.74, 6) is -2.08. The number of rotatable bonds is 4. The van der Waals surface area contributed by atoms with Crippen LogP contribution in [0, 0.1) is 18.3 Å². The van der Waals surface area contributed by atoms with Gasteiger partial charge in [0, 0.05) is 35.9 Å². The van der Waals surface area contributed by atoms with Crippen LogP contribution in [-0.4, -0.2) is 36.8 Å². The molecule has 3 atom stereocenters. The Kier molecular flexibility index (Phi) is 5.99. The summed E-state index contributed by atoms with van der Waals surface area (Å²) in [6.45, 7) is 8.52. The number of benzene rings is 1. The molecule has 184 valence electrons. The number of aliphatic imine (C=N–C) groups is 1. The second kappa shape index (κ2) is 8.86. The lowest BCUT2D eigenvalue weighted by Gasteiger charge is -2.40. The molecular weight excluding hydrogens is 446 g/mol. The normalized spacial score (nSPS) is 26.0. The second-order valence-electron chi connectivity index (χ2n) is 10.8. The molecule has 1 unspecified atom stereocenters. The van der Waals surface area contributed by atoms with E-state index >= 15 is 0 Å². The molecule has 1 saturated heterocycles. The highest BCUT2D eigenvalue weighted by atomic mass is 16.6. The molecule has 3 aliphatic rings. The Balaban J connectivity index is 1.63. The molecule has 2 aliphatic heterocycles. The van der Waals surface area contributed by atoms with Gasteiger partial charge in [0.2, 0.25) is 0 Å². The van der Waals surface area contributed by atoms with Crippen LogP contribution in [0.2, 0.25) is 0 Å². The van der Waals surface area contributed by atoms with E-state index in [0.717, 1.165) is 18.4 Å². The van der Waals surface area contributed by atoms with Gasteiger partial charge in [-0.1, -0.05) is 25.5 Å². The molecule has 5 rings (SSSR count). The fraction of sp³-hybridized carbons (Fsp3) is 0.500. The van der Waals surface area contributed by atoms with Gasteiger partial charge in [0.05, 0.1) is 29.2 Å². The molecule has 0 amide bonds. The molecule has 2 fully saturated rings. The van der Waals surface area contributed by atoms with Crippen molar-refractivity contribution in [2.45, 2.75) is 65.4 Å². The summed E-state index contributed by atoms with van der Waals surface area (Å²) >= 11 is 0. The third-order valence-electron chi connectivity index (χ3n) is 7.30. The van der Waals surface area contributed by atoms with Crippen LogP contribution in [-0.2, 0) is 19.1 Å². The first kappa shape index (κ1) is 23.7. The van der Waals surface area contributed by atoms with E-state index in [0.29, 0.717) is 41.8 Å². The molecular formula is C28H31NO6. The summed E-state index contributed by atoms with van der Waals surface area (Å²) in [6, 6.07) is 5.41. The van der Waals surface area contributed by atoms with Crippen LogP contribution < -0.4 is 5.43 Å². The average molecular weight is 478 g/mol. The molecule has 7 heteroatoms. The minimum atomic E-state index is -0.802. The van der Waals surface area contributed by atoms with Crippen LogP contribution >= 0.6 is 0 Å². The zero-order valence-corrected chi connectivity index (χ0v) is 20.7. The number of Topliss-reactive ketones (excluding diaryl/α,β-unsaturated/α-hetero) is 1. The standard InChI is InChI=1S/C28H31NO6/c1-15-7-8-22-18(10-15)26(31)19(14-34-22)24-23(27(32)35-13-17-6-5-9-33-17)16(2)29-20-11-28(3,4)12-21(30)25(20)24/h7-8,10,14,17,24-25H,5-6,9,11-13H2,1-4H3/t17-,24-,25?/m0/s1. The fourth-order valence-electron chi connectivity index (χ4n) is 5.69. The Hall–Kier alpha value is -3.06. The molecule has 3 heterocycles. The molecule has 1 aromatic heterocycles. The first-order valence-electron chi connectivity index (χ1n) is 12.3. The van der Waals surface area contributed by atoms with E-state index < -0.39 is 17.8 Å². The minimum Gasteiger partial charge on any atom is -0.464 e. The molecule has 1 saturated carbocycles. The topological polar surface area (TPSA) is 95.2 Å². The lowest BCUT2D eigenvalue weighted by Crippen LogP contribution is -2.45. The monoisotopic (exact) mass is 477 g/mol. The number of aryl methyl sites for hydroxylation is 1. The van der Waals surface area contributed by atoms with Gasteiger partial charge in [-0.3, -0.25) is 14.6 Å². The number of nitrogens with zero attached hydrogens (tertiary/aromatic N) is 1. The van der Waals surface area contributed by atoms with Crippen molar-refractivity contribution in [1.29, 1.82) is 0 Å². The van der Waals surface area contributed by atoms with E-state index in [4.69, 9.17) is 18.9 Å². The largest absolute Gasteiger partial charge is 0.464 e. The first-order valence-corrected chi connectivity index (χ1v) is 12.3. The molecule has 0 N–H and O–H groups in total. The van der Waals surface area contributed by atoms with Crippen molar-refractivity contribution in [1.82, 2.24) is 0 Å². The number of ketones is 1. The van der Waals surface area contributed by atoms with Gasteiger partial charge in [0.25, 0.3) is 0 Å². The highest BCUT2D eigenvalue weighted by Crippen LogP contribution is 2.46. The van der Waals surface area contributed by atoms with Gasteiger partial charge in [0.1, 0.15) is 18.0 Å². The quantitative estimate of drug-likeness (QED) is 0.596. The van der Waals surface area contributed by atoms with Crippen LogP contribution in [0.15, 0.2) is 49.9 Å². The van der Waals surface area contributed by atoms with Crippen LogP contribution in [0.5, 0.6) is 0 Å². The van der Waals surface area contributed by atoms with Gasteiger partial charge in [-0.2, -0.15) is 0 Å². The summed E-state index contributed by atoms with van der Waals surface area (Å²) in [7, 11) is 0. The lowest BCUT2D eigenvalue weighted by molar-refractivity contribution is -0.142. The van der Waals surface area contributed by atoms with Crippen molar-refractivity contribution in [2.24, 2.45) is 16.3 Å². The summed E-state index contributed by atoms with van der Waals surface area (Å²) in [5, 5.41) is 0.430. The van der Waals surface area contributed by atoms with Crippen LogP contribution in [0.25, 0.3) is 11.0 Å². The van der Waals surface area contributed by atoms with E-state index in [1.54, 1.807) is 19.1 Å². The second-order valence-corrected chi connectivity index (χ2v) is 10.8. The van der Waals surface area contributed by atoms with E-state index in [1.165, 1.54) is 6.26 Å². The molecule has 0 spiro atoms. The van der Waals surface area contributed by atoms with Gasteiger partial charge in [-0.15, -0.1) is 0 Å². The lowest BCUT2D eigenvalue weighted by atomic mass is 9.63. The van der Waals surface area contributed by atoms with Crippen LogP contribution in [0.1, 0.15) is 63.5 Å². The Bertz CT molecular complexity index is 1320. The van der Waals surface area contributed by atoms with Crippen molar-refractivity contribution >= 4 is 28.4 Å². The van der Waals surface area contributed by atoms with E-state index in [9.17, 15) is 14.4 Å². The number of fused-ring (bicyclic) bond motifs is 2. The highest BCUT2D eigenvalue weighted by Gasteiger charge is 2.48. The third-order valence-corrected chi connectivity index (χ3v) is 7.30. The van der Waals surface area contributed by atoms with Gasteiger partial charge in [-0.25, -0.2) is 4.79 Å². The Morgan fingerprint density at radius 1 is 1.17 bits per heavy atom. The maximum Gasteiger partial charge on any atom is 0.336 e. The predicted octanol–water partition coefficient (Wildman–Crippen LogP) is 4.64. The predicted molar refractivity (Wildman–Crippen MR) is 132 cm³/mol. The maximum atomic E-state index is 13.7. The number of hydrogen-bond donors (Lipinski definition) is 0. The number of ether oxygens (including phenoxy) is 2. The van der Waals surface area contributed by atoms with Gasteiger partial charge in [0.15, 0.2) is 5.43 Å². The Labute approximate surface area is 204 Å². The number of esters is 1.